The van der Waals surface area contributed by atoms with Crippen LogP contribution in [0.15, 0.2) is 59.5 Å². The van der Waals surface area contributed by atoms with E-state index in [1.165, 1.54) is 31.2 Å². The van der Waals surface area contributed by atoms with Gasteiger partial charge in [-0.1, -0.05) is 30.3 Å². The molecule has 0 aliphatic carbocycles. The van der Waals surface area contributed by atoms with Crippen molar-refractivity contribution in [3.05, 3.63) is 60.2 Å². The van der Waals surface area contributed by atoms with Crippen LogP contribution < -0.4 is 10.0 Å². The first kappa shape index (κ1) is 26.0. The Balaban J connectivity index is 1.91. The Morgan fingerprint density at radius 1 is 0.970 bits per heavy atom. The lowest BCUT2D eigenvalue weighted by Crippen LogP contribution is -2.47. The topological polar surface area (TPSA) is 122 Å². The number of hydrogen-bond donors (Lipinski definition) is 2. The summed E-state index contributed by atoms with van der Waals surface area (Å²) in [7, 11) is -3.98. The van der Waals surface area contributed by atoms with Gasteiger partial charge in [-0.25, -0.2) is 8.42 Å². The number of carbonyl (C=O) groups is 3. The Bertz CT molecular complexity index is 1080. The van der Waals surface area contributed by atoms with Crippen LogP contribution in [0.4, 0.5) is 5.69 Å². The van der Waals surface area contributed by atoms with Gasteiger partial charge in [-0.15, -0.1) is 0 Å². The van der Waals surface area contributed by atoms with E-state index in [4.69, 9.17) is 4.74 Å². The largest absolute Gasteiger partial charge is 0.455 e. The molecule has 178 valence electrons. The van der Waals surface area contributed by atoms with Gasteiger partial charge in [0.25, 0.3) is 5.91 Å². The predicted molar refractivity (Wildman–Crippen MR) is 124 cm³/mol. The molecule has 0 bridgehead atoms. The molecule has 0 saturated heterocycles. The van der Waals surface area contributed by atoms with Gasteiger partial charge >= 0.3 is 5.97 Å². The van der Waals surface area contributed by atoms with Crippen molar-refractivity contribution in [3.63, 3.8) is 0 Å². The third-order valence-electron chi connectivity index (χ3n) is 4.54. The molecule has 2 amide bonds. The Kier molecular flexibility index (Phi) is 8.72. The van der Waals surface area contributed by atoms with Crippen LogP contribution in [0.1, 0.15) is 33.3 Å². The number of nitrogens with one attached hydrogen (secondary N) is 2. The minimum atomic E-state index is -3.98. The van der Waals surface area contributed by atoms with E-state index in [2.05, 4.69) is 10.0 Å². The molecule has 0 aliphatic rings. The maximum Gasteiger partial charge on any atom is 0.321 e. The fourth-order valence-corrected chi connectivity index (χ4v) is 3.86. The van der Waals surface area contributed by atoms with Gasteiger partial charge in [-0.3, -0.25) is 14.4 Å². The highest BCUT2D eigenvalue weighted by Crippen LogP contribution is 2.18. The van der Waals surface area contributed by atoms with Crippen LogP contribution in [-0.4, -0.2) is 49.8 Å². The van der Waals surface area contributed by atoms with Crippen LogP contribution in [0.2, 0.25) is 0 Å². The van der Waals surface area contributed by atoms with Gasteiger partial charge in [0.05, 0.1) is 4.90 Å². The quantitative estimate of drug-likeness (QED) is 0.537. The van der Waals surface area contributed by atoms with E-state index in [1.54, 1.807) is 4.90 Å². The Hall–Kier alpha value is -3.24. The van der Waals surface area contributed by atoms with Gasteiger partial charge in [-0.2, -0.15) is 4.72 Å². The standard InChI is InChI=1S/C23H29N3O6S/c1-17(27)25-19-10-12-20(13-11-19)33(30,31)24-14-22(29)32-16-21(28)26(23(2,3)4)15-18-8-6-5-7-9-18/h5-13,24H,14-16H2,1-4H3,(H,25,27). The van der Waals surface area contributed by atoms with Crippen LogP contribution in [0.5, 0.6) is 0 Å². The van der Waals surface area contributed by atoms with Crippen molar-refractivity contribution < 1.29 is 27.5 Å². The molecule has 0 aliphatic heterocycles. The maximum atomic E-state index is 12.7. The Morgan fingerprint density at radius 2 is 1.58 bits per heavy atom. The van der Waals surface area contributed by atoms with E-state index >= 15 is 0 Å². The number of hydrogen-bond acceptors (Lipinski definition) is 6. The van der Waals surface area contributed by atoms with Gasteiger partial charge in [0, 0.05) is 24.7 Å². The van der Waals surface area contributed by atoms with Crippen LogP contribution in [0.25, 0.3) is 0 Å². The second kappa shape index (κ2) is 11.1. The number of ether oxygens (including phenoxy) is 1. The van der Waals surface area contributed by atoms with Crippen LogP contribution in [0, 0.1) is 0 Å². The molecule has 2 aromatic rings. The summed E-state index contributed by atoms with van der Waals surface area (Å²) < 4.78 is 31.9. The van der Waals surface area contributed by atoms with Crippen LogP contribution >= 0.6 is 0 Å². The van der Waals surface area contributed by atoms with Gasteiger partial charge in [0.1, 0.15) is 6.54 Å². The van der Waals surface area contributed by atoms with E-state index in [0.717, 1.165) is 5.56 Å². The zero-order valence-corrected chi connectivity index (χ0v) is 19.9. The lowest BCUT2D eigenvalue weighted by Gasteiger charge is -2.35. The van der Waals surface area contributed by atoms with Gasteiger partial charge < -0.3 is 15.0 Å². The van der Waals surface area contributed by atoms with Crippen LogP contribution in [0.3, 0.4) is 0 Å². The fourth-order valence-electron chi connectivity index (χ4n) is 2.89. The first-order chi connectivity index (χ1) is 15.4. The minimum Gasteiger partial charge on any atom is -0.455 e. The van der Waals surface area contributed by atoms with E-state index in [0.29, 0.717) is 12.2 Å². The highest BCUT2D eigenvalue weighted by Gasteiger charge is 2.27. The molecular weight excluding hydrogens is 446 g/mol. The molecule has 0 fully saturated rings. The molecule has 9 nitrogen and oxygen atoms in total. The number of amides is 2. The SMILES string of the molecule is CC(=O)Nc1ccc(S(=O)(=O)NCC(=O)OCC(=O)N(Cc2ccccc2)C(C)(C)C)cc1. The lowest BCUT2D eigenvalue weighted by atomic mass is 10.0. The first-order valence-electron chi connectivity index (χ1n) is 10.3. The molecule has 0 spiro atoms. The summed E-state index contributed by atoms with van der Waals surface area (Å²) in [6.07, 6.45) is 0. The normalized spacial score (nSPS) is 11.5. The summed E-state index contributed by atoms with van der Waals surface area (Å²) in [6, 6.07) is 14.9. The molecule has 0 aromatic heterocycles. The maximum absolute atomic E-state index is 12.7. The van der Waals surface area contributed by atoms with Crippen molar-refractivity contribution in [3.8, 4) is 0 Å². The van der Waals surface area contributed by atoms with Gasteiger partial charge in [0.2, 0.25) is 15.9 Å². The van der Waals surface area contributed by atoms with Gasteiger partial charge in [-0.05, 0) is 50.6 Å². The van der Waals surface area contributed by atoms with Crippen molar-refractivity contribution in [2.24, 2.45) is 0 Å². The summed E-state index contributed by atoms with van der Waals surface area (Å²) in [4.78, 5) is 37.3. The molecule has 0 heterocycles. The Labute approximate surface area is 194 Å². The number of carbonyl (C=O) groups excluding carboxylic acids is 3. The second-order valence-corrected chi connectivity index (χ2v) is 10.1. The monoisotopic (exact) mass is 475 g/mol. The van der Waals surface area contributed by atoms with Gasteiger partial charge in [0.15, 0.2) is 6.61 Å². The van der Waals surface area contributed by atoms with E-state index in [9.17, 15) is 22.8 Å². The second-order valence-electron chi connectivity index (χ2n) is 8.33. The van der Waals surface area contributed by atoms with Crippen LogP contribution in [-0.2, 0) is 35.7 Å². The molecule has 2 rings (SSSR count). The first-order valence-corrected chi connectivity index (χ1v) is 11.7. The molecule has 0 saturated carbocycles. The van der Waals surface area contributed by atoms with Crippen molar-refractivity contribution >= 4 is 33.5 Å². The molecule has 0 atom stereocenters. The zero-order chi connectivity index (χ0) is 24.6. The van der Waals surface area contributed by atoms with E-state index in [1.807, 2.05) is 51.1 Å². The molecule has 2 aromatic carbocycles. The summed E-state index contributed by atoms with van der Waals surface area (Å²) >= 11 is 0. The molecule has 2 N–H and O–H groups in total. The average molecular weight is 476 g/mol. The molecular formula is C23H29N3O6S. The molecule has 0 radical (unpaired) electrons. The average Bonchev–Trinajstić information content (AvgIpc) is 2.74. The Morgan fingerprint density at radius 3 is 2.12 bits per heavy atom. The summed E-state index contributed by atoms with van der Waals surface area (Å²) in [5.41, 5.74) is 0.868. The molecule has 10 heteroatoms. The number of benzene rings is 2. The summed E-state index contributed by atoms with van der Waals surface area (Å²) in [5, 5.41) is 2.53. The van der Waals surface area contributed by atoms with Crippen molar-refractivity contribution in [2.45, 2.75) is 44.7 Å². The highest BCUT2D eigenvalue weighted by atomic mass is 32.2. The zero-order valence-electron chi connectivity index (χ0n) is 19.1. The van der Waals surface area contributed by atoms with E-state index in [-0.39, 0.29) is 10.8 Å². The third-order valence-corrected chi connectivity index (χ3v) is 5.96. The number of rotatable bonds is 9. The number of sulfonamides is 1. The number of anilines is 1. The molecule has 33 heavy (non-hydrogen) atoms. The van der Waals surface area contributed by atoms with Crippen molar-refractivity contribution in [1.29, 1.82) is 0 Å². The predicted octanol–water partition coefficient (Wildman–Crippen LogP) is 2.29. The third kappa shape index (κ3) is 8.32. The highest BCUT2D eigenvalue weighted by molar-refractivity contribution is 7.89. The summed E-state index contributed by atoms with van der Waals surface area (Å²) in [5.74, 6) is -1.55. The number of esters is 1. The fraction of sp³-hybridized carbons (Fsp3) is 0.348. The number of nitrogens with zero attached hydrogens (tertiary/aromatic N) is 1. The van der Waals surface area contributed by atoms with Crippen molar-refractivity contribution in [1.82, 2.24) is 9.62 Å². The molecule has 0 unspecified atom stereocenters. The van der Waals surface area contributed by atoms with E-state index < -0.39 is 40.6 Å². The minimum absolute atomic E-state index is 0.0813. The van der Waals surface area contributed by atoms with Crippen molar-refractivity contribution in [2.75, 3.05) is 18.5 Å². The smallest absolute Gasteiger partial charge is 0.321 e. The summed E-state index contributed by atoms with van der Waals surface area (Å²) in [6.45, 7) is 6.18. The lowest BCUT2D eigenvalue weighted by molar-refractivity contribution is -0.153.